The molecular weight excluding hydrogens is 423 g/mol. The number of esters is 1. The van der Waals surface area contributed by atoms with Crippen LogP contribution >= 0.6 is 0 Å². The Morgan fingerprint density at radius 1 is 1.00 bits per heavy atom. The Kier molecular flexibility index (Phi) is 7.59. The molecule has 0 heterocycles. The van der Waals surface area contributed by atoms with Gasteiger partial charge in [0.2, 0.25) is 0 Å². The first kappa shape index (κ1) is 23.0. The molecule has 0 aliphatic rings. The fourth-order valence-electron chi connectivity index (χ4n) is 3.05. The maximum Gasteiger partial charge on any atom is 0.344 e. The molecule has 0 aliphatic carbocycles. The van der Waals surface area contributed by atoms with Gasteiger partial charge >= 0.3 is 5.97 Å². The first-order valence-electron chi connectivity index (χ1n) is 9.85. The van der Waals surface area contributed by atoms with Crippen molar-refractivity contribution in [3.63, 3.8) is 0 Å². The highest BCUT2D eigenvalue weighted by atomic mass is 19.1. The zero-order valence-electron chi connectivity index (χ0n) is 17.6. The molecule has 0 saturated carbocycles. The summed E-state index contributed by atoms with van der Waals surface area (Å²) in [5.74, 6) is -2.60. The first-order chi connectivity index (χ1) is 15.4. The standard InChI is InChI=1S/C24H22F3NO4/c1-3-31-22(29)14-32-21-8-7-20(26)24(23(21)27)28-13-15-9-17(12-19(10-15)30-2)16-5-4-6-18(25)11-16/h4-12,28H,3,13-14H2,1-2H3. The van der Waals surface area contributed by atoms with Crippen molar-refractivity contribution in [2.45, 2.75) is 13.5 Å². The third-order valence-electron chi connectivity index (χ3n) is 4.54. The van der Waals surface area contributed by atoms with E-state index in [0.717, 1.165) is 12.1 Å². The van der Waals surface area contributed by atoms with E-state index >= 15 is 0 Å². The van der Waals surface area contributed by atoms with Crippen LogP contribution in [0.3, 0.4) is 0 Å². The topological polar surface area (TPSA) is 56.8 Å². The molecule has 0 amide bonds. The van der Waals surface area contributed by atoms with E-state index in [1.807, 2.05) is 0 Å². The number of carbonyl (C=O) groups is 1. The molecule has 8 heteroatoms. The van der Waals surface area contributed by atoms with Crippen LogP contribution in [0.25, 0.3) is 11.1 Å². The number of ether oxygens (including phenoxy) is 3. The number of carbonyl (C=O) groups excluding carboxylic acids is 1. The van der Waals surface area contributed by atoms with Gasteiger partial charge in [0.1, 0.15) is 23.1 Å². The number of rotatable bonds is 9. The summed E-state index contributed by atoms with van der Waals surface area (Å²) in [6, 6.07) is 13.4. The molecule has 3 aromatic rings. The second-order valence-electron chi connectivity index (χ2n) is 6.76. The third kappa shape index (κ3) is 5.72. The van der Waals surface area contributed by atoms with Gasteiger partial charge in [-0.25, -0.2) is 18.0 Å². The van der Waals surface area contributed by atoms with Crippen molar-refractivity contribution < 1.29 is 32.2 Å². The van der Waals surface area contributed by atoms with Crippen molar-refractivity contribution in [3.8, 4) is 22.6 Å². The fraction of sp³-hybridized carbons (Fsp3) is 0.208. The normalized spacial score (nSPS) is 10.5. The maximum absolute atomic E-state index is 14.8. The summed E-state index contributed by atoms with van der Waals surface area (Å²) < 4.78 is 57.8. The molecule has 0 aliphatic heterocycles. The molecule has 0 radical (unpaired) electrons. The molecule has 5 nitrogen and oxygen atoms in total. The monoisotopic (exact) mass is 445 g/mol. The van der Waals surface area contributed by atoms with Crippen LogP contribution in [0.2, 0.25) is 0 Å². The number of hydrogen-bond acceptors (Lipinski definition) is 5. The largest absolute Gasteiger partial charge is 0.497 e. The van der Waals surface area contributed by atoms with E-state index in [-0.39, 0.29) is 24.7 Å². The smallest absolute Gasteiger partial charge is 0.344 e. The van der Waals surface area contributed by atoms with Crippen molar-refractivity contribution in [1.82, 2.24) is 0 Å². The summed E-state index contributed by atoms with van der Waals surface area (Å²) in [5.41, 5.74) is 1.58. The van der Waals surface area contributed by atoms with Crippen molar-refractivity contribution in [2.24, 2.45) is 0 Å². The second kappa shape index (κ2) is 10.6. The van der Waals surface area contributed by atoms with Crippen LogP contribution in [-0.4, -0.2) is 26.3 Å². The highest BCUT2D eigenvalue weighted by molar-refractivity contribution is 5.71. The maximum atomic E-state index is 14.8. The molecule has 1 N–H and O–H groups in total. The lowest BCUT2D eigenvalue weighted by Gasteiger charge is -2.14. The summed E-state index contributed by atoms with van der Waals surface area (Å²) in [5, 5.41) is 2.72. The lowest BCUT2D eigenvalue weighted by atomic mass is 10.0. The van der Waals surface area contributed by atoms with E-state index in [9.17, 15) is 18.0 Å². The van der Waals surface area contributed by atoms with Crippen molar-refractivity contribution >= 4 is 11.7 Å². The summed E-state index contributed by atoms with van der Waals surface area (Å²) >= 11 is 0. The van der Waals surface area contributed by atoms with Gasteiger partial charge in [0.05, 0.1) is 13.7 Å². The minimum atomic E-state index is -0.970. The molecule has 0 aromatic heterocycles. The summed E-state index contributed by atoms with van der Waals surface area (Å²) in [6.45, 7) is 1.35. The fourth-order valence-corrected chi connectivity index (χ4v) is 3.05. The predicted octanol–water partition coefficient (Wildman–Crippen LogP) is 5.33. The average molecular weight is 445 g/mol. The number of methoxy groups -OCH3 is 1. The quantitative estimate of drug-likeness (QED) is 0.451. The Balaban J connectivity index is 1.81. The summed E-state index contributed by atoms with van der Waals surface area (Å²) in [4.78, 5) is 11.4. The number of halogens is 3. The van der Waals surface area contributed by atoms with Crippen LogP contribution in [-0.2, 0) is 16.1 Å². The van der Waals surface area contributed by atoms with Gasteiger partial charge in [-0.05, 0) is 66.1 Å². The summed E-state index contributed by atoms with van der Waals surface area (Å²) in [7, 11) is 1.49. The molecule has 0 bridgehead atoms. The molecule has 168 valence electrons. The van der Waals surface area contributed by atoms with Gasteiger partial charge in [0, 0.05) is 6.54 Å². The van der Waals surface area contributed by atoms with E-state index < -0.39 is 29.9 Å². The van der Waals surface area contributed by atoms with Crippen LogP contribution in [0, 0.1) is 17.5 Å². The zero-order chi connectivity index (χ0) is 23.1. The summed E-state index contributed by atoms with van der Waals surface area (Å²) in [6.07, 6.45) is 0. The SMILES string of the molecule is CCOC(=O)COc1ccc(F)c(NCc2cc(OC)cc(-c3cccc(F)c3)c2)c1F. The van der Waals surface area contributed by atoms with Gasteiger partial charge in [0.15, 0.2) is 18.2 Å². The second-order valence-corrected chi connectivity index (χ2v) is 6.76. The Bertz CT molecular complexity index is 1100. The van der Waals surface area contributed by atoms with Crippen LogP contribution in [0.5, 0.6) is 11.5 Å². The van der Waals surface area contributed by atoms with Gasteiger partial charge in [-0.3, -0.25) is 0 Å². The Morgan fingerprint density at radius 3 is 2.53 bits per heavy atom. The molecule has 0 atom stereocenters. The van der Waals surface area contributed by atoms with Crippen LogP contribution in [0.1, 0.15) is 12.5 Å². The van der Waals surface area contributed by atoms with Crippen molar-refractivity contribution in [3.05, 3.63) is 77.6 Å². The minimum Gasteiger partial charge on any atom is -0.497 e. The molecule has 0 spiro atoms. The Hall–Kier alpha value is -3.68. The van der Waals surface area contributed by atoms with E-state index in [2.05, 4.69) is 5.32 Å². The molecule has 3 rings (SSSR count). The van der Waals surface area contributed by atoms with E-state index in [1.54, 1.807) is 37.3 Å². The van der Waals surface area contributed by atoms with Gasteiger partial charge in [0.25, 0.3) is 0 Å². The van der Waals surface area contributed by atoms with Crippen LogP contribution < -0.4 is 14.8 Å². The molecule has 0 fully saturated rings. The zero-order valence-corrected chi connectivity index (χ0v) is 17.6. The van der Waals surface area contributed by atoms with E-state index in [1.165, 1.54) is 19.2 Å². The third-order valence-corrected chi connectivity index (χ3v) is 4.54. The highest BCUT2D eigenvalue weighted by Gasteiger charge is 2.16. The number of benzene rings is 3. The highest BCUT2D eigenvalue weighted by Crippen LogP contribution is 2.30. The Morgan fingerprint density at radius 2 is 1.81 bits per heavy atom. The van der Waals surface area contributed by atoms with Crippen LogP contribution in [0.4, 0.5) is 18.9 Å². The average Bonchev–Trinajstić information content (AvgIpc) is 2.78. The molecule has 32 heavy (non-hydrogen) atoms. The van der Waals surface area contributed by atoms with Crippen molar-refractivity contribution in [2.75, 3.05) is 25.6 Å². The van der Waals surface area contributed by atoms with Crippen LogP contribution in [0.15, 0.2) is 54.6 Å². The van der Waals surface area contributed by atoms with Gasteiger partial charge in [-0.1, -0.05) is 12.1 Å². The molecule has 3 aromatic carbocycles. The molecule has 0 saturated heterocycles. The van der Waals surface area contributed by atoms with Gasteiger partial charge < -0.3 is 19.5 Å². The van der Waals surface area contributed by atoms with Crippen molar-refractivity contribution in [1.29, 1.82) is 0 Å². The number of hydrogen-bond donors (Lipinski definition) is 1. The van der Waals surface area contributed by atoms with E-state index in [4.69, 9.17) is 14.2 Å². The lowest BCUT2D eigenvalue weighted by Crippen LogP contribution is -2.15. The van der Waals surface area contributed by atoms with E-state index in [0.29, 0.717) is 22.4 Å². The number of anilines is 1. The Labute approximate surface area is 183 Å². The first-order valence-corrected chi connectivity index (χ1v) is 9.85. The molecular formula is C24H22F3NO4. The predicted molar refractivity (Wildman–Crippen MR) is 114 cm³/mol. The number of nitrogens with one attached hydrogen (secondary N) is 1. The van der Waals surface area contributed by atoms with Gasteiger partial charge in [-0.2, -0.15) is 0 Å². The lowest BCUT2D eigenvalue weighted by molar-refractivity contribution is -0.145. The van der Waals surface area contributed by atoms with Gasteiger partial charge in [-0.15, -0.1) is 0 Å². The minimum absolute atomic E-state index is 0.0503. The molecule has 0 unspecified atom stereocenters.